The van der Waals surface area contributed by atoms with Gasteiger partial charge in [-0.15, -0.1) is 0 Å². The van der Waals surface area contributed by atoms with Gasteiger partial charge in [-0.05, 0) is 36.9 Å². The first kappa shape index (κ1) is 28.7. The molecule has 0 saturated carbocycles. The Morgan fingerprint density at radius 2 is 1.08 bits per heavy atom. The summed E-state index contributed by atoms with van der Waals surface area (Å²) in [5.41, 5.74) is 0. The summed E-state index contributed by atoms with van der Waals surface area (Å²) in [7, 11) is -3.43. The predicted molar refractivity (Wildman–Crippen MR) is 128 cm³/mol. The van der Waals surface area contributed by atoms with Gasteiger partial charge in [0.2, 0.25) is 0 Å². The van der Waals surface area contributed by atoms with Crippen LogP contribution in [0.3, 0.4) is 0 Å². The molecule has 0 saturated heterocycles. The molecule has 0 radical (unpaired) electrons. The molecule has 0 bridgehead atoms. The molecule has 160 valence electrons. The smallest absolute Gasteiger partial charge is 0.304 e. The second kappa shape index (κ2) is 12.2. The van der Waals surface area contributed by atoms with Gasteiger partial charge < -0.3 is 13.1 Å². The first-order valence-corrected chi connectivity index (χ1v) is 17.6. The van der Waals surface area contributed by atoms with Gasteiger partial charge in [-0.25, -0.2) is 0 Å². The maximum Gasteiger partial charge on any atom is 0.304 e. The van der Waals surface area contributed by atoms with Crippen molar-refractivity contribution in [3.05, 3.63) is 0 Å². The Balaban J connectivity index is 0. The van der Waals surface area contributed by atoms with Crippen molar-refractivity contribution in [3.8, 4) is 0 Å². The third-order valence-electron chi connectivity index (χ3n) is 6.33. The molecule has 0 aromatic rings. The summed E-state index contributed by atoms with van der Waals surface area (Å²) in [6.07, 6.45) is 2.65. The van der Waals surface area contributed by atoms with E-state index in [4.69, 9.17) is 8.85 Å². The van der Waals surface area contributed by atoms with Gasteiger partial charge in [0.25, 0.3) is 0 Å². The maximum absolute atomic E-state index is 4.99. The number of hydrogen-bond acceptors (Lipinski definition) is 3. The Morgan fingerprint density at radius 1 is 0.731 bits per heavy atom. The zero-order valence-corrected chi connectivity index (χ0v) is 23.9. The Bertz CT molecular complexity index is 331. The molecule has 0 rings (SSSR count). The van der Waals surface area contributed by atoms with Gasteiger partial charge in [0, 0.05) is 13.2 Å². The molecule has 0 aliphatic carbocycles. The van der Waals surface area contributed by atoms with Crippen LogP contribution in [0.4, 0.5) is 0 Å². The number of nitrogens with zero attached hydrogens (tertiary/aromatic N) is 1. The Labute approximate surface area is 170 Å². The summed E-state index contributed by atoms with van der Waals surface area (Å²) in [5, 5.41) is 0.881. The van der Waals surface area contributed by atoms with Crippen LogP contribution < -0.4 is 0 Å². The second-order valence-electron chi connectivity index (χ2n) is 10.2. The fraction of sp³-hybridized carbons (Fsp3) is 1.00. The molecule has 0 fully saturated rings. The Hall–Kier alpha value is 0.531. The molecule has 0 atom stereocenters. The van der Waals surface area contributed by atoms with E-state index in [1.807, 2.05) is 13.8 Å². The van der Waals surface area contributed by atoms with Crippen molar-refractivity contribution in [3.63, 3.8) is 0 Å². The summed E-state index contributed by atoms with van der Waals surface area (Å²) in [4.78, 5) is 0. The van der Waals surface area contributed by atoms with Crippen molar-refractivity contribution >= 4 is 26.5 Å². The van der Waals surface area contributed by atoms with E-state index < -0.39 is 26.5 Å². The largest absolute Gasteiger partial charge is 0.399 e. The normalized spacial score (nSPS) is 13.6. The molecule has 0 spiro atoms. The lowest BCUT2D eigenvalue weighted by molar-refractivity contribution is 0.240. The molecule has 0 N–H and O–H groups in total. The van der Waals surface area contributed by atoms with Crippen LogP contribution in [0, 0.1) is 0 Å². The molecule has 0 unspecified atom stereocenters. The standard InChI is InChI=1S/C16H39NSi2.C4H12O2Si/c1-12-13-14-17(18(8,9)15(2,3)4)19(10,11)16(5,6)7;1-3-5-7-6-4-2/h12-14H2,1-11H3;3-4,7H2,1-2H3. The van der Waals surface area contributed by atoms with Crippen molar-refractivity contribution in [2.45, 2.75) is 111 Å². The summed E-state index contributed by atoms with van der Waals surface area (Å²) in [6, 6.07) is 0. The molecule has 26 heavy (non-hydrogen) atoms. The number of hydrogen-bond donors (Lipinski definition) is 0. The van der Waals surface area contributed by atoms with Crippen LogP contribution >= 0.6 is 0 Å². The van der Waals surface area contributed by atoms with Gasteiger partial charge in [0.05, 0.1) is 0 Å². The zero-order valence-electron chi connectivity index (χ0n) is 20.5. The minimum absolute atomic E-state index is 0.441. The lowest BCUT2D eigenvalue weighted by Gasteiger charge is -2.57. The van der Waals surface area contributed by atoms with Gasteiger partial charge in [-0.1, -0.05) is 81.1 Å². The highest BCUT2D eigenvalue weighted by atomic mass is 28.4. The van der Waals surface area contributed by atoms with Crippen molar-refractivity contribution in [2.75, 3.05) is 19.8 Å². The summed E-state index contributed by atoms with van der Waals surface area (Å²) >= 11 is 0. The Kier molecular flexibility index (Phi) is 13.5. The van der Waals surface area contributed by atoms with Crippen LogP contribution in [0.5, 0.6) is 0 Å². The van der Waals surface area contributed by atoms with Gasteiger partial charge in [0.1, 0.15) is 16.5 Å². The Morgan fingerprint density at radius 3 is 1.31 bits per heavy atom. The highest BCUT2D eigenvalue weighted by Gasteiger charge is 2.51. The average molecular weight is 422 g/mol. The molecule has 0 heterocycles. The van der Waals surface area contributed by atoms with E-state index in [9.17, 15) is 0 Å². The highest BCUT2D eigenvalue weighted by Crippen LogP contribution is 2.46. The van der Waals surface area contributed by atoms with Crippen molar-refractivity contribution in [2.24, 2.45) is 0 Å². The second-order valence-corrected chi connectivity index (χ2v) is 22.0. The molecule has 0 amide bonds. The van der Waals surface area contributed by atoms with Gasteiger partial charge in [0.15, 0.2) is 0 Å². The number of rotatable bonds is 9. The van der Waals surface area contributed by atoms with Gasteiger partial charge >= 0.3 is 10.0 Å². The van der Waals surface area contributed by atoms with Gasteiger partial charge in [-0.2, -0.15) is 0 Å². The van der Waals surface area contributed by atoms with Crippen LogP contribution in [-0.4, -0.2) is 50.5 Å². The maximum atomic E-state index is 4.99. The van der Waals surface area contributed by atoms with Crippen LogP contribution in [0.1, 0.15) is 75.2 Å². The van der Waals surface area contributed by atoms with E-state index in [0.29, 0.717) is 10.1 Å². The van der Waals surface area contributed by atoms with E-state index >= 15 is 0 Å². The summed E-state index contributed by atoms with van der Waals surface area (Å²) in [6.45, 7) is 34.2. The third kappa shape index (κ3) is 9.15. The van der Waals surface area contributed by atoms with Crippen LogP contribution in [0.2, 0.25) is 36.3 Å². The lowest BCUT2D eigenvalue weighted by Crippen LogP contribution is -2.68. The SMILES string of the molecule is CCCCN([Si](C)(C)C(C)(C)C)[Si](C)(C)C(C)(C)C.CCO[SiH2]OCC. The van der Waals surface area contributed by atoms with E-state index in [1.165, 1.54) is 19.4 Å². The fourth-order valence-corrected chi connectivity index (χ4v) is 13.7. The van der Waals surface area contributed by atoms with Gasteiger partial charge in [-0.3, -0.25) is 0 Å². The predicted octanol–water partition coefficient (Wildman–Crippen LogP) is 6.16. The molecular weight excluding hydrogens is 370 g/mol. The topological polar surface area (TPSA) is 21.7 Å². The lowest BCUT2D eigenvalue weighted by atomic mass is 10.2. The molecule has 0 aliphatic heterocycles. The first-order valence-electron chi connectivity index (χ1n) is 10.5. The van der Waals surface area contributed by atoms with Crippen molar-refractivity contribution in [1.29, 1.82) is 0 Å². The average Bonchev–Trinajstić information content (AvgIpc) is 2.46. The minimum Gasteiger partial charge on any atom is -0.399 e. The van der Waals surface area contributed by atoms with E-state index in [1.54, 1.807) is 0 Å². The zero-order chi connectivity index (χ0) is 21.2. The summed E-state index contributed by atoms with van der Waals surface area (Å²) < 4.78 is 13.0. The highest BCUT2D eigenvalue weighted by molar-refractivity contribution is 6.93. The first-order chi connectivity index (χ1) is 11.6. The quantitative estimate of drug-likeness (QED) is 0.329. The summed E-state index contributed by atoms with van der Waals surface area (Å²) in [5.74, 6) is 0. The number of unbranched alkanes of at least 4 members (excludes halogenated alkanes) is 1. The fourth-order valence-electron chi connectivity index (χ4n) is 2.61. The van der Waals surface area contributed by atoms with Crippen molar-refractivity contribution in [1.82, 2.24) is 4.23 Å². The molecule has 0 aliphatic rings. The molecule has 3 nitrogen and oxygen atoms in total. The monoisotopic (exact) mass is 421 g/mol. The van der Waals surface area contributed by atoms with Crippen LogP contribution in [0.15, 0.2) is 0 Å². The molecule has 6 heteroatoms. The molecule has 0 aromatic carbocycles. The molecule has 0 aromatic heterocycles. The molecular formula is C20H51NO2Si3. The third-order valence-corrected chi connectivity index (χ3v) is 21.3. The van der Waals surface area contributed by atoms with E-state index in [-0.39, 0.29) is 0 Å². The van der Waals surface area contributed by atoms with Crippen molar-refractivity contribution < 1.29 is 8.85 Å². The van der Waals surface area contributed by atoms with E-state index in [2.05, 4.69) is 78.9 Å². The minimum atomic E-state index is -1.42. The van der Waals surface area contributed by atoms with Crippen LogP contribution in [0.25, 0.3) is 0 Å². The van der Waals surface area contributed by atoms with Crippen LogP contribution in [-0.2, 0) is 8.85 Å². The van der Waals surface area contributed by atoms with E-state index in [0.717, 1.165) is 13.2 Å².